The second kappa shape index (κ2) is 4.24. The van der Waals surface area contributed by atoms with Gasteiger partial charge in [0, 0.05) is 5.25 Å². The van der Waals surface area contributed by atoms with Gasteiger partial charge in [-0.3, -0.25) is 0 Å². The van der Waals surface area contributed by atoms with E-state index in [1.165, 1.54) is 0 Å². The van der Waals surface area contributed by atoms with Crippen molar-refractivity contribution in [2.24, 2.45) is 0 Å². The quantitative estimate of drug-likeness (QED) is 0.493. The van der Waals surface area contributed by atoms with Crippen LogP contribution in [0.1, 0.15) is 13.3 Å². The summed E-state index contributed by atoms with van der Waals surface area (Å²) >= 11 is 4.29. The van der Waals surface area contributed by atoms with Crippen molar-refractivity contribution in [1.82, 2.24) is 0 Å². The minimum atomic E-state index is -0.939. The maximum Gasteiger partial charge on any atom is 0.0682 e. The van der Waals surface area contributed by atoms with Gasteiger partial charge in [-0.2, -0.15) is 12.6 Å². The fourth-order valence-electron chi connectivity index (χ4n) is 0.619. The normalized spacial score (nSPS) is 16.1. The predicted octanol–water partition coefficient (Wildman–Crippen LogP) is 3.13. The van der Waals surface area contributed by atoms with Crippen LogP contribution in [0, 0.1) is 0 Å². The number of hydrogen-bond acceptors (Lipinski definition) is 1. The fourth-order valence-corrected chi connectivity index (χ4v) is 1.58. The monoisotopic (exact) mass is 174 g/mol. The summed E-state index contributed by atoms with van der Waals surface area (Å²) in [6.07, 6.45) is 3.37. The molecule has 0 bridgehead atoms. The van der Waals surface area contributed by atoms with Crippen molar-refractivity contribution in [1.29, 1.82) is 0 Å². The molecule has 0 nitrogen and oxygen atoms in total. The van der Waals surface area contributed by atoms with Crippen molar-refractivity contribution in [3.05, 3.63) is 11.8 Å². The first kappa shape index (κ1) is 10.3. The highest BCUT2D eigenvalue weighted by Gasteiger charge is 2.06. The molecule has 0 spiro atoms. The van der Waals surface area contributed by atoms with Crippen molar-refractivity contribution in [3.8, 4) is 0 Å². The van der Waals surface area contributed by atoms with Crippen LogP contribution in [-0.4, -0.2) is 13.3 Å². The van der Waals surface area contributed by atoms with E-state index in [1.807, 2.05) is 0 Å². The molecule has 0 radical (unpaired) electrons. The van der Waals surface area contributed by atoms with Crippen molar-refractivity contribution >= 4 is 20.7 Å². The molecule has 2 heteroatoms. The highest BCUT2D eigenvalue weighted by molar-refractivity contribution is 7.80. The molecule has 1 atom stereocenters. The molecule has 0 aliphatic carbocycles. The first-order chi connectivity index (χ1) is 4.42. The Morgan fingerprint density at radius 3 is 2.20 bits per heavy atom. The third-order valence-electron chi connectivity index (χ3n) is 1.10. The Morgan fingerprint density at radius 1 is 1.40 bits per heavy atom. The third kappa shape index (κ3) is 8.31. The van der Waals surface area contributed by atoms with Crippen molar-refractivity contribution in [2.75, 3.05) is 0 Å². The van der Waals surface area contributed by atoms with Crippen LogP contribution in [0.15, 0.2) is 11.8 Å². The number of allylic oxidation sites excluding steroid dienone is 1. The SMILES string of the molecule is CC(S)C/C=C\[Si](C)(C)C. The molecule has 0 saturated carbocycles. The van der Waals surface area contributed by atoms with Crippen LogP contribution in [-0.2, 0) is 0 Å². The van der Waals surface area contributed by atoms with Gasteiger partial charge in [-0.1, -0.05) is 38.3 Å². The summed E-state index contributed by atoms with van der Waals surface area (Å²) in [7, 11) is -0.939. The Morgan fingerprint density at radius 2 is 1.90 bits per heavy atom. The van der Waals surface area contributed by atoms with E-state index < -0.39 is 8.07 Å². The van der Waals surface area contributed by atoms with E-state index in [1.54, 1.807) is 0 Å². The van der Waals surface area contributed by atoms with Gasteiger partial charge in [0.25, 0.3) is 0 Å². The summed E-state index contributed by atoms with van der Waals surface area (Å²) in [4.78, 5) is 0. The first-order valence-electron chi connectivity index (χ1n) is 3.77. The standard InChI is InChI=1S/C8H18SSi/c1-8(9)6-5-7-10(2,3)4/h5,7-9H,6H2,1-4H3/b7-5-. The topological polar surface area (TPSA) is 0 Å². The molecule has 0 rings (SSSR count). The molecular weight excluding hydrogens is 156 g/mol. The van der Waals surface area contributed by atoms with Crippen molar-refractivity contribution in [2.45, 2.75) is 38.2 Å². The van der Waals surface area contributed by atoms with Gasteiger partial charge in [0.05, 0.1) is 8.07 Å². The van der Waals surface area contributed by atoms with E-state index in [-0.39, 0.29) is 0 Å². The summed E-state index contributed by atoms with van der Waals surface area (Å²) in [5.41, 5.74) is 2.37. The summed E-state index contributed by atoms with van der Waals surface area (Å²) in [6, 6.07) is 0. The second-order valence-corrected chi connectivity index (χ2v) is 9.80. The van der Waals surface area contributed by atoms with Crippen molar-refractivity contribution < 1.29 is 0 Å². The van der Waals surface area contributed by atoms with Gasteiger partial charge in [0.15, 0.2) is 0 Å². The average molecular weight is 174 g/mol. The van der Waals surface area contributed by atoms with E-state index in [9.17, 15) is 0 Å². The van der Waals surface area contributed by atoms with Crippen molar-refractivity contribution in [3.63, 3.8) is 0 Å². The minimum absolute atomic E-state index is 0.507. The van der Waals surface area contributed by atoms with Gasteiger partial charge < -0.3 is 0 Å². The van der Waals surface area contributed by atoms with Crippen LogP contribution in [0.25, 0.3) is 0 Å². The maximum absolute atomic E-state index is 4.29. The Kier molecular flexibility index (Phi) is 4.37. The highest BCUT2D eigenvalue weighted by atomic mass is 32.1. The second-order valence-electron chi connectivity index (χ2n) is 3.85. The Labute approximate surface area is 71.1 Å². The molecule has 60 valence electrons. The molecule has 1 unspecified atom stereocenters. The molecule has 0 aliphatic rings. The molecule has 0 amide bonds. The Bertz CT molecular complexity index is 111. The van der Waals surface area contributed by atoms with Gasteiger partial charge in [0.1, 0.15) is 0 Å². The zero-order chi connectivity index (χ0) is 8.20. The molecular formula is C8H18SSi. The number of hydrogen-bond donors (Lipinski definition) is 1. The number of rotatable bonds is 3. The molecule has 0 aromatic carbocycles. The summed E-state index contributed by atoms with van der Waals surface area (Å²) in [5, 5.41) is 0.507. The largest absolute Gasteiger partial charge is 0.176 e. The van der Waals surface area contributed by atoms with Gasteiger partial charge in [-0.25, -0.2) is 0 Å². The highest BCUT2D eigenvalue weighted by Crippen LogP contribution is 2.05. The third-order valence-corrected chi connectivity index (χ3v) is 2.54. The lowest BCUT2D eigenvalue weighted by molar-refractivity contribution is 0.991. The average Bonchev–Trinajstić information content (AvgIpc) is 1.59. The Balaban J connectivity index is 3.57. The minimum Gasteiger partial charge on any atom is -0.176 e. The van der Waals surface area contributed by atoms with E-state index in [2.05, 4.69) is 51.0 Å². The molecule has 0 saturated heterocycles. The van der Waals surface area contributed by atoms with Crippen LogP contribution >= 0.6 is 12.6 Å². The Hall–Kier alpha value is 0.307. The van der Waals surface area contributed by atoms with Crippen LogP contribution < -0.4 is 0 Å². The zero-order valence-electron chi connectivity index (χ0n) is 7.39. The van der Waals surface area contributed by atoms with Gasteiger partial charge in [-0.05, 0) is 6.42 Å². The summed E-state index contributed by atoms with van der Waals surface area (Å²) in [5.74, 6) is 0. The lowest BCUT2D eigenvalue weighted by atomic mass is 10.3. The van der Waals surface area contributed by atoms with Gasteiger partial charge >= 0.3 is 0 Å². The van der Waals surface area contributed by atoms with Crippen LogP contribution in [0.4, 0.5) is 0 Å². The zero-order valence-corrected chi connectivity index (χ0v) is 9.28. The predicted molar refractivity (Wildman–Crippen MR) is 55.6 cm³/mol. The van der Waals surface area contributed by atoms with Crippen LogP contribution in [0.5, 0.6) is 0 Å². The van der Waals surface area contributed by atoms with E-state index in [0.29, 0.717) is 5.25 Å². The van der Waals surface area contributed by atoms with E-state index in [4.69, 9.17) is 0 Å². The summed E-state index contributed by atoms with van der Waals surface area (Å²) < 4.78 is 0. The molecule has 0 fully saturated rings. The van der Waals surface area contributed by atoms with E-state index in [0.717, 1.165) is 6.42 Å². The maximum atomic E-state index is 4.29. The van der Waals surface area contributed by atoms with Gasteiger partial charge in [-0.15, -0.1) is 0 Å². The smallest absolute Gasteiger partial charge is 0.0682 e. The van der Waals surface area contributed by atoms with Gasteiger partial charge in [0.2, 0.25) is 0 Å². The molecule has 0 N–H and O–H groups in total. The first-order valence-corrected chi connectivity index (χ1v) is 7.87. The summed E-state index contributed by atoms with van der Waals surface area (Å²) in [6.45, 7) is 9.14. The molecule has 0 heterocycles. The molecule has 0 aromatic heterocycles. The molecule has 0 aliphatic heterocycles. The molecule has 10 heavy (non-hydrogen) atoms. The fraction of sp³-hybridized carbons (Fsp3) is 0.750. The van der Waals surface area contributed by atoms with E-state index >= 15 is 0 Å². The lowest BCUT2D eigenvalue weighted by Gasteiger charge is -2.08. The lowest BCUT2D eigenvalue weighted by Crippen LogP contribution is -2.15. The molecule has 0 aromatic rings. The van der Waals surface area contributed by atoms with Crippen LogP contribution in [0.2, 0.25) is 19.6 Å². The van der Waals surface area contributed by atoms with Crippen LogP contribution in [0.3, 0.4) is 0 Å². The number of thiol groups is 1.